The molecule has 1 aliphatic carbocycles. The van der Waals surface area contributed by atoms with Crippen LogP contribution in [0.5, 0.6) is 0 Å². The van der Waals surface area contributed by atoms with Crippen molar-refractivity contribution in [2.75, 3.05) is 6.54 Å². The minimum absolute atomic E-state index is 0.0774. The number of rotatable bonds is 3. The van der Waals surface area contributed by atoms with Crippen LogP contribution in [-0.2, 0) is 5.41 Å². The van der Waals surface area contributed by atoms with Crippen molar-refractivity contribution >= 4 is 0 Å². The molecule has 1 atom stereocenters. The smallest absolute Gasteiger partial charge is 0.0367 e. The van der Waals surface area contributed by atoms with E-state index in [0.717, 1.165) is 0 Å². The quantitative estimate of drug-likeness (QED) is 0.875. The molecule has 1 fully saturated rings. The van der Waals surface area contributed by atoms with E-state index < -0.39 is 0 Å². The molecule has 0 bridgehead atoms. The van der Waals surface area contributed by atoms with Crippen molar-refractivity contribution < 1.29 is 0 Å². The predicted octanol–water partition coefficient (Wildman–Crippen LogP) is 3.42. The third-order valence-corrected chi connectivity index (χ3v) is 4.90. The van der Waals surface area contributed by atoms with Crippen LogP contribution in [0.1, 0.15) is 62.8 Å². The number of aryl methyl sites for hydroxylation is 1. The second-order valence-corrected chi connectivity index (χ2v) is 7.22. The fraction of sp³-hybridized carbons (Fsp3) is 0.647. The molecular weight excluding hydrogens is 232 g/mol. The largest absolute Gasteiger partial charge is 0.330 e. The highest BCUT2D eigenvalue weighted by Crippen LogP contribution is 2.49. The first-order valence-electron chi connectivity index (χ1n) is 7.37. The normalized spacial score (nSPS) is 19.9. The monoisotopic (exact) mass is 260 g/mol. The Balaban J connectivity index is 2.38. The summed E-state index contributed by atoms with van der Waals surface area (Å²) in [6.45, 7) is 9.59. The molecule has 2 nitrogen and oxygen atoms in total. The molecule has 1 aliphatic rings. The van der Waals surface area contributed by atoms with Gasteiger partial charge in [-0.15, -0.1) is 0 Å². The topological polar surface area (TPSA) is 52.0 Å². The molecule has 1 saturated carbocycles. The van der Waals surface area contributed by atoms with Gasteiger partial charge in [0.05, 0.1) is 0 Å². The van der Waals surface area contributed by atoms with E-state index in [1.54, 1.807) is 0 Å². The molecule has 1 aromatic rings. The van der Waals surface area contributed by atoms with Crippen molar-refractivity contribution in [2.24, 2.45) is 16.9 Å². The van der Waals surface area contributed by atoms with Gasteiger partial charge < -0.3 is 11.5 Å². The lowest BCUT2D eigenvalue weighted by atomic mass is 9.62. The van der Waals surface area contributed by atoms with Crippen molar-refractivity contribution in [3.8, 4) is 0 Å². The first-order chi connectivity index (χ1) is 8.80. The molecule has 0 saturated heterocycles. The maximum Gasteiger partial charge on any atom is 0.0367 e. The van der Waals surface area contributed by atoms with Crippen LogP contribution in [0, 0.1) is 12.3 Å². The van der Waals surface area contributed by atoms with Gasteiger partial charge in [-0.25, -0.2) is 0 Å². The molecule has 0 heterocycles. The summed E-state index contributed by atoms with van der Waals surface area (Å²) < 4.78 is 0. The summed E-state index contributed by atoms with van der Waals surface area (Å²) in [6.07, 6.45) is 3.61. The molecule has 0 aliphatic heterocycles. The van der Waals surface area contributed by atoms with Crippen LogP contribution in [-0.4, -0.2) is 6.54 Å². The third-order valence-electron chi connectivity index (χ3n) is 4.90. The van der Waals surface area contributed by atoms with Crippen LogP contribution in [0.3, 0.4) is 0 Å². The number of hydrogen-bond acceptors (Lipinski definition) is 2. The molecule has 0 radical (unpaired) electrons. The SMILES string of the molecule is Cc1ccc(C(C)(C)C)cc1C(N)C1(CN)CCC1. The molecule has 1 aromatic carbocycles. The maximum absolute atomic E-state index is 6.58. The van der Waals surface area contributed by atoms with Crippen LogP contribution < -0.4 is 11.5 Å². The summed E-state index contributed by atoms with van der Waals surface area (Å²) in [5.41, 5.74) is 16.8. The minimum Gasteiger partial charge on any atom is -0.330 e. The lowest BCUT2D eigenvalue weighted by Gasteiger charge is -2.46. The van der Waals surface area contributed by atoms with Gasteiger partial charge in [0.25, 0.3) is 0 Å². The van der Waals surface area contributed by atoms with Gasteiger partial charge in [0.2, 0.25) is 0 Å². The first kappa shape index (κ1) is 14.5. The van der Waals surface area contributed by atoms with Gasteiger partial charge in [0, 0.05) is 11.5 Å². The lowest BCUT2D eigenvalue weighted by Crippen LogP contribution is -2.46. The van der Waals surface area contributed by atoms with Gasteiger partial charge in [-0.1, -0.05) is 45.4 Å². The molecule has 2 rings (SSSR count). The van der Waals surface area contributed by atoms with Crippen LogP contribution >= 0.6 is 0 Å². The summed E-state index contributed by atoms with van der Waals surface area (Å²) in [4.78, 5) is 0. The highest BCUT2D eigenvalue weighted by Gasteiger charge is 2.42. The van der Waals surface area contributed by atoms with E-state index in [1.807, 2.05) is 0 Å². The van der Waals surface area contributed by atoms with Crippen molar-refractivity contribution in [1.82, 2.24) is 0 Å². The molecule has 19 heavy (non-hydrogen) atoms. The summed E-state index contributed by atoms with van der Waals surface area (Å²) >= 11 is 0. The van der Waals surface area contributed by atoms with E-state index in [9.17, 15) is 0 Å². The van der Waals surface area contributed by atoms with E-state index in [0.29, 0.717) is 6.54 Å². The van der Waals surface area contributed by atoms with Gasteiger partial charge in [-0.2, -0.15) is 0 Å². The molecular formula is C17H28N2. The fourth-order valence-corrected chi connectivity index (χ4v) is 3.04. The average molecular weight is 260 g/mol. The summed E-state index contributed by atoms with van der Waals surface area (Å²) in [7, 11) is 0. The number of nitrogens with two attached hydrogens (primary N) is 2. The van der Waals surface area contributed by atoms with Crippen LogP contribution in [0.2, 0.25) is 0 Å². The zero-order valence-corrected chi connectivity index (χ0v) is 12.8. The molecule has 106 valence electrons. The van der Waals surface area contributed by atoms with Gasteiger partial charge >= 0.3 is 0 Å². The summed E-state index contributed by atoms with van der Waals surface area (Å²) in [5, 5.41) is 0. The third kappa shape index (κ3) is 2.56. The summed E-state index contributed by atoms with van der Waals surface area (Å²) in [5.74, 6) is 0. The number of benzene rings is 1. The van der Waals surface area contributed by atoms with E-state index >= 15 is 0 Å². The van der Waals surface area contributed by atoms with E-state index in [2.05, 4.69) is 45.9 Å². The zero-order valence-electron chi connectivity index (χ0n) is 12.8. The Labute approximate surface area is 117 Å². The first-order valence-corrected chi connectivity index (χ1v) is 7.37. The van der Waals surface area contributed by atoms with Crippen molar-refractivity contribution in [3.05, 3.63) is 34.9 Å². The van der Waals surface area contributed by atoms with E-state index in [4.69, 9.17) is 11.5 Å². The summed E-state index contributed by atoms with van der Waals surface area (Å²) in [6, 6.07) is 6.81. The van der Waals surface area contributed by atoms with Crippen LogP contribution in [0.25, 0.3) is 0 Å². The zero-order chi connectivity index (χ0) is 14.3. The minimum atomic E-state index is 0.0774. The highest BCUT2D eigenvalue weighted by molar-refractivity contribution is 5.37. The Bertz CT molecular complexity index is 447. The average Bonchev–Trinajstić information content (AvgIpc) is 2.27. The van der Waals surface area contributed by atoms with Crippen molar-refractivity contribution in [1.29, 1.82) is 0 Å². The number of hydrogen-bond donors (Lipinski definition) is 2. The Morgan fingerprint density at radius 1 is 1.26 bits per heavy atom. The van der Waals surface area contributed by atoms with Crippen LogP contribution in [0.4, 0.5) is 0 Å². The fourth-order valence-electron chi connectivity index (χ4n) is 3.04. The van der Waals surface area contributed by atoms with Gasteiger partial charge in [0.15, 0.2) is 0 Å². The molecule has 1 unspecified atom stereocenters. The van der Waals surface area contributed by atoms with Crippen molar-refractivity contribution in [2.45, 2.75) is 58.4 Å². The van der Waals surface area contributed by atoms with E-state index in [1.165, 1.54) is 36.0 Å². The van der Waals surface area contributed by atoms with E-state index in [-0.39, 0.29) is 16.9 Å². The Morgan fingerprint density at radius 2 is 1.89 bits per heavy atom. The second-order valence-electron chi connectivity index (χ2n) is 7.22. The van der Waals surface area contributed by atoms with Gasteiger partial charge in [0.1, 0.15) is 0 Å². The molecule has 0 spiro atoms. The molecule has 0 amide bonds. The lowest BCUT2D eigenvalue weighted by molar-refractivity contribution is 0.104. The van der Waals surface area contributed by atoms with Crippen LogP contribution in [0.15, 0.2) is 18.2 Å². The van der Waals surface area contributed by atoms with Gasteiger partial charge in [-0.3, -0.25) is 0 Å². The Kier molecular flexibility index (Phi) is 3.76. The Hall–Kier alpha value is -0.860. The second kappa shape index (κ2) is 4.92. The molecule has 0 aromatic heterocycles. The van der Waals surface area contributed by atoms with Gasteiger partial charge in [-0.05, 0) is 48.4 Å². The molecule has 2 heteroatoms. The highest BCUT2D eigenvalue weighted by atomic mass is 14.8. The Morgan fingerprint density at radius 3 is 2.32 bits per heavy atom. The predicted molar refractivity (Wildman–Crippen MR) is 82.1 cm³/mol. The standard InChI is InChI=1S/C17H28N2/c1-12-6-7-13(16(2,3)4)10-14(12)15(19)17(11-18)8-5-9-17/h6-7,10,15H,5,8-9,11,18-19H2,1-4H3. The van der Waals surface area contributed by atoms with Crippen molar-refractivity contribution in [3.63, 3.8) is 0 Å². The maximum atomic E-state index is 6.58. The molecule has 4 N–H and O–H groups in total.